The van der Waals surface area contributed by atoms with Crippen LogP contribution in [0.5, 0.6) is 0 Å². The lowest BCUT2D eigenvalue weighted by Crippen LogP contribution is -2.48. The van der Waals surface area contributed by atoms with Crippen molar-refractivity contribution in [3.05, 3.63) is 29.0 Å². The van der Waals surface area contributed by atoms with E-state index in [0.717, 1.165) is 17.4 Å². The van der Waals surface area contributed by atoms with Gasteiger partial charge in [-0.1, -0.05) is 11.6 Å². The number of rotatable bonds is 4. The van der Waals surface area contributed by atoms with Crippen LogP contribution in [0.15, 0.2) is 18.2 Å². The summed E-state index contributed by atoms with van der Waals surface area (Å²) in [6.07, 6.45) is 1.49. The second kappa shape index (κ2) is 7.72. The third-order valence-corrected chi connectivity index (χ3v) is 5.09. The largest absolute Gasteiger partial charge is 0.466 e. The molecule has 2 fully saturated rings. The third-order valence-electron chi connectivity index (χ3n) is 4.80. The zero-order valence-corrected chi connectivity index (χ0v) is 15.2. The van der Waals surface area contributed by atoms with Gasteiger partial charge in [0.2, 0.25) is 5.91 Å². The predicted octanol–water partition coefficient (Wildman–Crippen LogP) is 2.39. The van der Waals surface area contributed by atoms with Crippen LogP contribution in [0.3, 0.4) is 0 Å². The van der Waals surface area contributed by atoms with Crippen molar-refractivity contribution in [3.63, 3.8) is 0 Å². The smallest absolute Gasteiger partial charge is 0.310 e. The Morgan fingerprint density at radius 3 is 2.85 bits per heavy atom. The maximum absolute atomic E-state index is 13.4. The van der Waals surface area contributed by atoms with Gasteiger partial charge in [0.15, 0.2) is 0 Å². The number of hydrogen-bond donors (Lipinski definition) is 0. The first-order valence-electron chi connectivity index (χ1n) is 8.65. The van der Waals surface area contributed by atoms with Crippen molar-refractivity contribution in [2.75, 3.05) is 24.6 Å². The lowest BCUT2D eigenvalue weighted by atomic mass is 9.96. The van der Waals surface area contributed by atoms with Crippen LogP contribution in [0.2, 0.25) is 5.02 Å². The molecule has 2 atom stereocenters. The van der Waals surface area contributed by atoms with Gasteiger partial charge in [0.25, 0.3) is 5.91 Å². The Balaban J connectivity index is 1.75. The normalized spacial score (nSPS) is 24.2. The molecule has 0 aromatic heterocycles. The molecule has 0 saturated carbocycles. The molecular formula is C18H20ClFN2O4. The van der Waals surface area contributed by atoms with E-state index in [1.54, 1.807) is 6.92 Å². The molecular weight excluding hydrogens is 363 g/mol. The first-order valence-corrected chi connectivity index (χ1v) is 9.02. The summed E-state index contributed by atoms with van der Waals surface area (Å²) in [7, 11) is 0. The van der Waals surface area contributed by atoms with E-state index in [1.807, 2.05) is 4.90 Å². The molecule has 2 aliphatic rings. The van der Waals surface area contributed by atoms with E-state index >= 15 is 0 Å². The van der Waals surface area contributed by atoms with Crippen molar-refractivity contribution in [1.29, 1.82) is 0 Å². The van der Waals surface area contributed by atoms with Gasteiger partial charge in [-0.2, -0.15) is 0 Å². The Morgan fingerprint density at radius 2 is 2.15 bits per heavy atom. The molecule has 0 N–H and O–H groups in total. The summed E-state index contributed by atoms with van der Waals surface area (Å²) in [5, 5.41) is -0.146. The van der Waals surface area contributed by atoms with Crippen LogP contribution in [0, 0.1) is 11.7 Å². The first-order chi connectivity index (χ1) is 12.4. The molecule has 2 heterocycles. The fraction of sp³-hybridized carbons (Fsp3) is 0.500. The molecule has 1 aromatic carbocycles. The highest BCUT2D eigenvalue weighted by atomic mass is 35.5. The number of ether oxygens (including phenoxy) is 1. The summed E-state index contributed by atoms with van der Waals surface area (Å²) in [6, 6.07) is 3.14. The van der Waals surface area contributed by atoms with E-state index in [0.29, 0.717) is 26.1 Å². The van der Waals surface area contributed by atoms with Gasteiger partial charge in [-0.15, -0.1) is 0 Å². The Kier molecular flexibility index (Phi) is 5.58. The zero-order valence-electron chi connectivity index (χ0n) is 14.4. The zero-order chi connectivity index (χ0) is 18.8. The van der Waals surface area contributed by atoms with E-state index in [-0.39, 0.29) is 40.8 Å². The SMILES string of the molecule is CCOC(=O)C1CCCN(C2CC(=O)N(c3ccc(F)c(Cl)c3)C2=O)C1. The summed E-state index contributed by atoms with van der Waals surface area (Å²) in [5.41, 5.74) is 0.257. The Morgan fingerprint density at radius 1 is 1.38 bits per heavy atom. The summed E-state index contributed by atoms with van der Waals surface area (Å²) < 4.78 is 18.4. The third kappa shape index (κ3) is 3.59. The summed E-state index contributed by atoms with van der Waals surface area (Å²) >= 11 is 5.77. The minimum absolute atomic E-state index is 0.0311. The Hall–Kier alpha value is -1.99. The molecule has 2 saturated heterocycles. The number of benzene rings is 1. The van der Waals surface area contributed by atoms with E-state index in [9.17, 15) is 18.8 Å². The molecule has 8 heteroatoms. The van der Waals surface area contributed by atoms with Crippen molar-refractivity contribution < 1.29 is 23.5 Å². The Labute approximate surface area is 155 Å². The number of anilines is 1. The maximum Gasteiger partial charge on any atom is 0.310 e. The summed E-state index contributed by atoms with van der Waals surface area (Å²) in [4.78, 5) is 40.1. The molecule has 3 rings (SSSR count). The van der Waals surface area contributed by atoms with Crippen LogP contribution in [-0.2, 0) is 19.1 Å². The van der Waals surface area contributed by atoms with Crippen LogP contribution in [0.4, 0.5) is 10.1 Å². The average Bonchev–Trinajstić information content (AvgIpc) is 2.92. The molecule has 0 spiro atoms. The fourth-order valence-corrected chi connectivity index (χ4v) is 3.71. The molecule has 0 aliphatic carbocycles. The van der Waals surface area contributed by atoms with Gasteiger partial charge in [0, 0.05) is 6.54 Å². The molecule has 2 amide bonds. The number of nitrogens with zero attached hydrogens (tertiary/aromatic N) is 2. The number of hydrogen-bond acceptors (Lipinski definition) is 5. The topological polar surface area (TPSA) is 66.9 Å². The van der Waals surface area contributed by atoms with E-state index < -0.39 is 11.9 Å². The number of carbonyl (C=O) groups excluding carboxylic acids is 3. The lowest BCUT2D eigenvalue weighted by molar-refractivity contribution is -0.150. The van der Waals surface area contributed by atoms with E-state index in [2.05, 4.69) is 0 Å². The standard InChI is InChI=1S/C18H20ClFN2O4/c1-2-26-18(25)11-4-3-7-21(10-11)15-9-16(23)22(17(15)24)12-5-6-14(20)13(19)8-12/h5-6,8,11,15H,2-4,7,9-10H2,1H3. The highest BCUT2D eigenvalue weighted by Crippen LogP contribution is 2.31. The molecule has 0 radical (unpaired) electrons. The number of carbonyl (C=O) groups is 3. The minimum atomic E-state index is -0.622. The average molecular weight is 383 g/mol. The molecule has 26 heavy (non-hydrogen) atoms. The number of amides is 2. The number of esters is 1. The van der Waals surface area contributed by atoms with Gasteiger partial charge < -0.3 is 4.74 Å². The predicted molar refractivity (Wildman–Crippen MR) is 93.2 cm³/mol. The lowest BCUT2D eigenvalue weighted by Gasteiger charge is -2.34. The van der Waals surface area contributed by atoms with Crippen LogP contribution in [0.1, 0.15) is 26.2 Å². The van der Waals surface area contributed by atoms with Crippen LogP contribution < -0.4 is 4.90 Å². The monoisotopic (exact) mass is 382 g/mol. The molecule has 0 bridgehead atoms. The quantitative estimate of drug-likeness (QED) is 0.591. The van der Waals surface area contributed by atoms with Gasteiger partial charge in [-0.25, -0.2) is 9.29 Å². The summed E-state index contributed by atoms with van der Waals surface area (Å²) in [6.45, 7) is 3.09. The van der Waals surface area contributed by atoms with E-state index in [1.165, 1.54) is 12.1 Å². The van der Waals surface area contributed by atoms with Crippen molar-refractivity contribution in [1.82, 2.24) is 4.90 Å². The van der Waals surface area contributed by atoms with Crippen molar-refractivity contribution in [2.24, 2.45) is 5.92 Å². The van der Waals surface area contributed by atoms with Gasteiger partial charge in [0.1, 0.15) is 5.82 Å². The Bertz CT molecular complexity index is 742. The highest BCUT2D eigenvalue weighted by Gasteiger charge is 2.44. The van der Waals surface area contributed by atoms with E-state index in [4.69, 9.17) is 16.3 Å². The molecule has 140 valence electrons. The first kappa shape index (κ1) is 18.8. The van der Waals surface area contributed by atoms with Gasteiger partial charge in [-0.05, 0) is 44.5 Å². The second-order valence-corrected chi connectivity index (χ2v) is 6.88. The van der Waals surface area contributed by atoms with Gasteiger partial charge in [0.05, 0.1) is 35.7 Å². The van der Waals surface area contributed by atoms with Gasteiger partial charge in [-0.3, -0.25) is 19.3 Å². The van der Waals surface area contributed by atoms with Crippen molar-refractivity contribution in [2.45, 2.75) is 32.2 Å². The van der Waals surface area contributed by atoms with Gasteiger partial charge >= 0.3 is 5.97 Å². The maximum atomic E-state index is 13.4. The summed E-state index contributed by atoms with van der Waals surface area (Å²) in [5.74, 6) is -1.90. The van der Waals surface area contributed by atoms with Crippen LogP contribution >= 0.6 is 11.6 Å². The van der Waals surface area contributed by atoms with Crippen LogP contribution in [0.25, 0.3) is 0 Å². The highest BCUT2D eigenvalue weighted by molar-refractivity contribution is 6.31. The fourth-order valence-electron chi connectivity index (χ4n) is 3.54. The molecule has 2 aliphatic heterocycles. The number of imide groups is 1. The molecule has 2 unspecified atom stereocenters. The van der Waals surface area contributed by atoms with Crippen molar-refractivity contribution >= 4 is 35.1 Å². The van der Waals surface area contributed by atoms with Crippen molar-refractivity contribution in [3.8, 4) is 0 Å². The second-order valence-electron chi connectivity index (χ2n) is 6.47. The molecule has 6 nitrogen and oxygen atoms in total. The number of piperidine rings is 1. The minimum Gasteiger partial charge on any atom is -0.466 e. The number of halogens is 2. The number of likely N-dealkylation sites (tertiary alicyclic amines) is 1. The van der Waals surface area contributed by atoms with Crippen LogP contribution in [-0.4, -0.2) is 48.4 Å². The molecule has 1 aromatic rings.